The maximum Gasteiger partial charge on any atom is 0.336 e. The zero-order valence-corrected chi connectivity index (χ0v) is 17.8. The minimum absolute atomic E-state index is 0.0128. The molecule has 1 aliphatic heterocycles. The van der Waals surface area contributed by atoms with Crippen LogP contribution in [0, 0.1) is 0 Å². The van der Waals surface area contributed by atoms with Crippen molar-refractivity contribution in [3.63, 3.8) is 0 Å². The van der Waals surface area contributed by atoms with E-state index in [0.717, 1.165) is 22.5 Å². The molecular weight excluding hydrogens is 420 g/mol. The van der Waals surface area contributed by atoms with E-state index in [4.69, 9.17) is 4.98 Å². The van der Waals surface area contributed by atoms with Crippen molar-refractivity contribution in [3.8, 4) is 17.1 Å². The highest BCUT2D eigenvalue weighted by Crippen LogP contribution is 2.33. The van der Waals surface area contributed by atoms with E-state index in [2.05, 4.69) is 10.6 Å². The van der Waals surface area contributed by atoms with Crippen LogP contribution < -0.4 is 10.6 Å². The fourth-order valence-corrected chi connectivity index (χ4v) is 4.18. The van der Waals surface area contributed by atoms with Crippen molar-refractivity contribution in [2.75, 3.05) is 12.4 Å². The third kappa shape index (κ3) is 3.51. The van der Waals surface area contributed by atoms with Crippen molar-refractivity contribution in [1.82, 2.24) is 14.9 Å². The first kappa shape index (κ1) is 20.4. The van der Waals surface area contributed by atoms with Crippen LogP contribution in [0.4, 0.5) is 5.69 Å². The van der Waals surface area contributed by atoms with Crippen LogP contribution >= 0.6 is 0 Å². The molecule has 0 fully saturated rings. The quantitative estimate of drug-likeness (QED) is 0.448. The molecule has 0 atom stereocenters. The Balaban J connectivity index is 1.78. The molecule has 3 N–H and O–H groups in total. The SMILES string of the molecule is CNC(=O)c1ccc2c(c1)nc(-c1ccccc1C(=O)O)n2-c1ccc2c(c1)CCC(=O)N2. The number of nitrogens with one attached hydrogen (secondary N) is 2. The summed E-state index contributed by atoms with van der Waals surface area (Å²) in [5, 5.41) is 15.3. The van der Waals surface area contributed by atoms with Gasteiger partial charge < -0.3 is 15.7 Å². The molecule has 0 spiro atoms. The number of nitrogens with zero attached hydrogens (tertiary/aromatic N) is 2. The van der Waals surface area contributed by atoms with Crippen LogP contribution in [0.5, 0.6) is 0 Å². The maximum atomic E-state index is 12.2. The molecule has 2 heterocycles. The van der Waals surface area contributed by atoms with Gasteiger partial charge in [0.15, 0.2) is 0 Å². The second-order valence-electron chi connectivity index (χ2n) is 7.79. The first-order valence-electron chi connectivity index (χ1n) is 10.5. The summed E-state index contributed by atoms with van der Waals surface area (Å²) in [4.78, 5) is 40.6. The number of hydrogen-bond donors (Lipinski definition) is 3. The van der Waals surface area contributed by atoms with Gasteiger partial charge in [-0.05, 0) is 54.4 Å². The zero-order valence-electron chi connectivity index (χ0n) is 17.8. The van der Waals surface area contributed by atoms with Gasteiger partial charge in [-0.25, -0.2) is 9.78 Å². The monoisotopic (exact) mass is 440 g/mol. The van der Waals surface area contributed by atoms with Gasteiger partial charge in [-0.3, -0.25) is 14.2 Å². The van der Waals surface area contributed by atoms with E-state index in [1.54, 1.807) is 49.5 Å². The topological polar surface area (TPSA) is 113 Å². The van der Waals surface area contributed by atoms with Gasteiger partial charge in [0.05, 0.1) is 16.6 Å². The van der Waals surface area contributed by atoms with Crippen molar-refractivity contribution in [2.45, 2.75) is 12.8 Å². The van der Waals surface area contributed by atoms with Gasteiger partial charge >= 0.3 is 5.97 Å². The van der Waals surface area contributed by atoms with Gasteiger partial charge in [-0.2, -0.15) is 0 Å². The first-order valence-corrected chi connectivity index (χ1v) is 10.5. The summed E-state index contributed by atoms with van der Waals surface area (Å²) < 4.78 is 1.89. The number of benzene rings is 3. The minimum atomic E-state index is -1.05. The Morgan fingerprint density at radius 2 is 1.88 bits per heavy atom. The summed E-state index contributed by atoms with van der Waals surface area (Å²) >= 11 is 0. The molecule has 0 radical (unpaired) electrons. The number of carboxylic acids is 1. The molecule has 3 aromatic carbocycles. The number of rotatable bonds is 4. The second-order valence-corrected chi connectivity index (χ2v) is 7.79. The summed E-state index contributed by atoms with van der Waals surface area (Å²) in [5.41, 5.74) is 4.91. The number of aryl methyl sites for hydroxylation is 1. The van der Waals surface area contributed by atoms with Crippen LogP contribution in [0.15, 0.2) is 60.7 Å². The fourth-order valence-electron chi connectivity index (χ4n) is 4.18. The average molecular weight is 440 g/mol. The van der Waals surface area contributed by atoms with Crippen molar-refractivity contribution in [1.29, 1.82) is 0 Å². The molecule has 0 unspecified atom stereocenters. The molecule has 2 amide bonds. The minimum Gasteiger partial charge on any atom is -0.478 e. The van der Waals surface area contributed by atoms with E-state index in [1.807, 2.05) is 22.8 Å². The lowest BCUT2D eigenvalue weighted by atomic mass is 10.0. The van der Waals surface area contributed by atoms with Gasteiger partial charge in [0, 0.05) is 36.0 Å². The van der Waals surface area contributed by atoms with Crippen molar-refractivity contribution in [3.05, 3.63) is 77.4 Å². The van der Waals surface area contributed by atoms with Crippen LogP contribution in [-0.2, 0) is 11.2 Å². The van der Waals surface area contributed by atoms with Gasteiger partial charge in [-0.1, -0.05) is 18.2 Å². The summed E-state index contributed by atoms with van der Waals surface area (Å²) in [7, 11) is 1.56. The number of imidazole rings is 1. The lowest BCUT2D eigenvalue weighted by molar-refractivity contribution is -0.116. The Labute approximate surface area is 188 Å². The van der Waals surface area contributed by atoms with E-state index in [-0.39, 0.29) is 17.4 Å². The van der Waals surface area contributed by atoms with E-state index >= 15 is 0 Å². The number of fused-ring (bicyclic) bond motifs is 2. The number of carbonyl (C=O) groups excluding carboxylic acids is 2. The Kier molecular flexibility index (Phi) is 4.90. The molecule has 8 nitrogen and oxygen atoms in total. The molecule has 164 valence electrons. The molecule has 0 saturated carbocycles. The Bertz CT molecular complexity index is 1450. The van der Waals surface area contributed by atoms with Gasteiger partial charge in [0.1, 0.15) is 5.82 Å². The molecule has 5 rings (SSSR count). The van der Waals surface area contributed by atoms with E-state index < -0.39 is 5.97 Å². The van der Waals surface area contributed by atoms with Crippen LogP contribution in [0.1, 0.15) is 32.7 Å². The van der Waals surface area contributed by atoms with Gasteiger partial charge in [-0.15, -0.1) is 0 Å². The van der Waals surface area contributed by atoms with Crippen LogP contribution in [-0.4, -0.2) is 39.5 Å². The Hall–Kier alpha value is -4.46. The smallest absolute Gasteiger partial charge is 0.336 e. The van der Waals surface area contributed by atoms with Crippen molar-refractivity contribution in [2.24, 2.45) is 0 Å². The average Bonchev–Trinajstić information content (AvgIpc) is 3.21. The number of amides is 2. The van der Waals surface area contributed by atoms with E-state index in [9.17, 15) is 19.5 Å². The zero-order chi connectivity index (χ0) is 23.1. The third-order valence-corrected chi connectivity index (χ3v) is 5.78. The highest BCUT2D eigenvalue weighted by atomic mass is 16.4. The molecule has 0 aliphatic carbocycles. The largest absolute Gasteiger partial charge is 0.478 e. The van der Waals surface area contributed by atoms with Crippen LogP contribution in [0.2, 0.25) is 0 Å². The van der Waals surface area contributed by atoms with Crippen LogP contribution in [0.3, 0.4) is 0 Å². The summed E-state index contributed by atoms with van der Waals surface area (Å²) in [5.74, 6) is -0.843. The molecule has 4 aromatic rings. The number of aromatic nitrogens is 2. The molecule has 1 aliphatic rings. The van der Waals surface area contributed by atoms with Crippen LogP contribution in [0.25, 0.3) is 28.1 Å². The predicted molar refractivity (Wildman–Crippen MR) is 124 cm³/mol. The number of carboxylic acid groups (broad SMARTS) is 1. The lowest BCUT2D eigenvalue weighted by Crippen LogP contribution is -2.19. The lowest BCUT2D eigenvalue weighted by Gasteiger charge is -2.19. The molecule has 8 heteroatoms. The van der Waals surface area contributed by atoms with E-state index in [1.165, 1.54) is 0 Å². The molecule has 33 heavy (non-hydrogen) atoms. The molecule has 1 aromatic heterocycles. The molecule has 0 saturated heterocycles. The highest BCUT2D eigenvalue weighted by Gasteiger charge is 2.22. The molecular formula is C25H20N4O4. The number of carbonyl (C=O) groups is 3. The first-order chi connectivity index (χ1) is 16.0. The summed E-state index contributed by atoms with van der Waals surface area (Å²) in [6, 6.07) is 17.6. The van der Waals surface area contributed by atoms with Gasteiger partial charge in [0.25, 0.3) is 5.91 Å². The highest BCUT2D eigenvalue weighted by molar-refractivity contribution is 6.00. The van der Waals surface area contributed by atoms with E-state index in [0.29, 0.717) is 35.3 Å². The number of hydrogen-bond acceptors (Lipinski definition) is 4. The standard InChI is InChI=1S/C25H20N4O4/c1-26-24(31)15-6-10-21-20(13-15)28-23(17-4-2-3-5-18(17)25(32)33)29(21)16-8-9-19-14(12-16)7-11-22(30)27-19/h2-6,8-10,12-13H,7,11H2,1H3,(H,26,31)(H,27,30)(H,32,33). The Morgan fingerprint density at radius 3 is 2.67 bits per heavy atom. The predicted octanol–water partition coefficient (Wildman–Crippen LogP) is 3.64. The summed E-state index contributed by atoms with van der Waals surface area (Å²) in [6.45, 7) is 0. The molecule has 0 bridgehead atoms. The Morgan fingerprint density at radius 1 is 1.06 bits per heavy atom. The maximum absolute atomic E-state index is 12.2. The summed E-state index contributed by atoms with van der Waals surface area (Å²) in [6.07, 6.45) is 1.02. The normalized spacial score (nSPS) is 12.8. The number of anilines is 1. The fraction of sp³-hybridized carbons (Fsp3) is 0.120. The van der Waals surface area contributed by atoms with Gasteiger partial charge in [0.2, 0.25) is 5.91 Å². The van der Waals surface area contributed by atoms with Crippen molar-refractivity contribution >= 4 is 34.5 Å². The van der Waals surface area contributed by atoms with Crippen molar-refractivity contribution < 1.29 is 19.5 Å². The second kappa shape index (κ2) is 7.90. The third-order valence-electron chi connectivity index (χ3n) is 5.78. The number of aromatic carboxylic acids is 1.